The fourth-order valence-electron chi connectivity index (χ4n) is 4.07. The van der Waals surface area contributed by atoms with Crippen LogP contribution >= 0.6 is 11.6 Å². The van der Waals surface area contributed by atoms with Gasteiger partial charge in [-0.15, -0.1) is 5.10 Å². The van der Waals surface area contributed by atoms with Gasteiger partial charge < -0.3 is 9.30 Å². The Morgan fingerprint density at radius 3 is 2.64 bits per heavy atom. The van der Waals surface area contributed by atoms with E-state index >= 15 is 0 Å². The molecule has 0 aliphatic heterocycles. The summed E-state index contributed by atoms with van der Waals surface area (Å²) in [7, 11) is 0. The molecule has 0 unspecified atom stereocenters. The Kier molecular flexibility index (Phi) is 5.40. The molecule has 2 aromatic heterocycles. The van der Waals surface area contributed by atoms with Crippen LogP contribution in [0.2, 0.25) is 5.02 Å². The molecule has 1 saturated carbocycles. The zero-order valence-corrected chi connectivity index (χ0v) is 19.3. The van der Waals surface area contributed by atoms with E-state index in [2.05, 4.69) is 10.1 Å². The minimum Gasteiger partial charge on any atom is -0.455 e. The molecule has 184 valence electrons. The zero-order chi connectivity index (χ0) is 25.8. The van der Waals surface area contributed by atoms with Crippen molar-refractivity contribution >= 4 is 22.6 Å². The number of hydrogen-bond donors (Lipinski definition) is 1. The van der Waals surface area contributed by atoms with Gasteiger partial charge in [0.1, 0.15) is 23.1 Å². The molecule has 13 heteroatoms. The lowest BCUT2D eigenvalue weighted by molar-refractivity contribution is -0.178. The Morgan fingerprint density at radius 2 is 2.00 bits per heavy atom. The molecule has 0 atom stereocenters. The number of rotatable bonds is 5. The molecular weight excluding hydrogens is 501 g/mol. The summed E-state index contributed by atoms with van der Waals surface area (Å²) >= 11 is 6.47. The number of alkyl halides is 3. The fraction of sp³-hybridized carbons (Fsp3) is 0.261. The molecule has 0 amide bonds. The van der Waals surface area contributed by atoms with Crippen LogP contribution in [0.15, 0.2) is 46.2 Å². The molecule has 1 fully saturated rings. The third-order valence-electron chi connectivity index (χ3n) is 6.12. The molecule has 1 aliphatic carbocycles. The number of imidazole rings is 1. The lowest BCUT2D eigenvalue weighted by Gasteiger charge is -2.21. The smallest absolute Gasteiger partial charge is 0.411 e. The first-order valence-electron chi connectivity index (χ1n) is 10.8. The van der Waals surface area contributed by atoms with Gasteiger partial charge >= 0.3 is 11.9 Å². The number of nitrogens with one attached hydrogen (secondary N) is 1. The highest BCUT2D eigenvalue weighted by atomic mass is 35.5. The molecule has 0 spiro atoms. The summed E-state index contributed by atoms with van der Waals surface area (Å²) in [5, 5.41) is 12.9. The van der Waals surface area contributed by atoms with Crippen LogP contribution in [0.5, 0.6) is 11.5 Å². The predicted octanol–water partition coefficient (Wildman–Crippen LogP) is 4.20. The summed E-state index contributed by atoms with van der Waals surface area (Å²) in [6.07, 6.45) is -2.86. The van der Waals surface area contributed by atoms with Gasteiger partial charge in [-0.3, -0.25) is 9.78 Å². The summed E-state index contributed by atoms with van der Waals surface area (Å²) < 4.78 is 49.1. The minimum absolute atomic E-state index is 0.0218. The van der Waals surface area contributed by atoms with E-state index in [0.717, 1.165) is 9.25 Å². The predicted molar refractivity (Wildman–Crippen MR) is 123 cm³/mol. The van der Waals surface area contributed by atoms with Gasteiger partial charge in [-0.1, -0.05) is 18.5 Å². The number of H-pyrrole nitrogens is 1. The first-order chi connectivity index (χ1) is 17.1. The highest BCUT2D eigenvalue weighted by Crippen LogP contribution is 2.56. The minimum atomic E-state index is -4.41. The maximum absolute atomic E-state index is 13.7. The highest BCUT2D eigenvalue weighted by Gasteiger charge is 2.65. The van der Waals surface area contributed by atoms with Crippen molar-refractivity contribution in [2.24, 2.45) is 0 Å². The van der Waals surface area contributed by atoms with Gasteiger partial charge in [0.25, 0.3) is 5.56 Å². The number of halogens is 4. The maximum Gasteiger partial charge on any atom is 0.411 e. The number of nitriles is 1. The van der Waals surface area contributed by atoms with Crippen molar-refractivity contribution in [1.82, 2.24) is 24.3 Å². The standard InChI is InChI=1S/C23H16ClF3N6O3/c1-2-12-7-13(33-21(35)30-20(34)17(10-28)31-33)8-15(24)19(12)36-14-3-4-16-18(9-14)32(11-29-16)22(5-6-22)23(25,26)27/h3-4,7-9,11H,2,5-6H2,1H3,(H,30,34,35). The topological polar surface area (TPSA) is 119 Å². The molecule has 0 saturated heterocycles. The number of nitrogens with zero attached hydrogens (tertiary/aromatic N) is 5. The Morgan fingerprint density at radius 1 is 1.25 bits per heavy atom. The molecular formula is C23H16ClF3N6O3. The number of aromatic nitrogens is 5. The van der Waals surface area contributed by atoms with Gasteiger partial charge in [0.05, 0.1) is 28.1 Å². The molecule has 0 radical (unpaired) electrons. The average molecular weight is 517 g/mol. The summed E-state index contributed by atoms with van der Waals surface area (Å²) in [5.41, 5.74) is -2.81. The van der Waals surface area contributed by atoms with E-state index in [1.807, 2.05) is 11.9 Å². The average Bonchev–Trinajstić information content (AvgIpc) is 3.54. The molecule has 2 aromatic carbocycles. The number of aryl methyl sites for hydroxylation is 1. The van der Waals surface area contributed by atoms with Crippen LogP contribution in [0.25, 0.3) is 16.7 Å². The van der Waals surface area contributed by atoms with Crippen molar-refractivity contribution in [3.05, 3.63) is 73.8 Å². The van der Waals surface area contributed by atoms with E-state index < -0.39 is 28.7 Å². The number of hydrogen-bond acceptors (Lipinski definition) is 6. The van der Waals surface area contributed by atoms with Crippen molar-refractivity contribution in [2.75, 3.05) is 0 Å². The van der Waals surface area contributed by atoms with E-state index in [9.17, 15) is 22.8 Å². The Balaban J connectivity index is 1.55. The van der Waals surface area contributed by atoms with Crippen molar-refractivity contribution in [1.29, 1.82) is 5.26 Å². The third-order valence-corrected chi connectivity index (χ3v) is 6.40. The number of aromatic amines is 1. The molecule has 36 heavy (non-hydrogen) atoms. The van der Waals surface area contributed by atoms with Gasteiger partial charge in [0, 0.05) is 6.07 Å². The molecule has 0 bridgehead atoms. The molecule has 4 aromatic rings. The largest absolute Gasteiger partial charge is 0.455 e. The summed E-state index contributed by atoms with van der Waals surface area (Å²) in [4.78, 5) is 30.0. The van der Waals surface area contributed by atoms with Gasteiger partial charge in [-0.05, 0) is 49.1 Å². The molecule has 2 heterocycles. The van der Waals surface area contributed by atoms with Crippen LogP contribution in [0.3, 0.4) is 0 Å². The van der Waals surface area contributed by atoms with Gasteiger partial charge in [-0.2, -0.15) is 23.1 Å². The van der Waals surface area contributed by atoms with E-state index in [1.54, 1.807) is 24.3 Å². The van der Waals surface area contributed by atoms with E-state index in [1.165, 1.54) is 18.5 Å². The number of benzene rings is 2. The molecule has 5 rings (SSSR count). The monoisotopic (exact) mass is 516 g/mol. The summed E-state index contributed by atoms with van der Waals surface area (Å²) in [6.45, 7) is 1.81. The molecule has 1 aliphatic rings. The second-order valence-corrected chi connectivity index (χ2v) is 8.70. The first-order valence-corrected chi connectivity index (χ1v) is 11.1. The SMILES string of the molecule is CCc1cc(-n2nc(C#N)c(=O)[nH]c2=O)cc(Cl)c1Oc1ccc2ncn(C3(C(F)(F)F)CC3)c2c1. The van der Waals surface area contributed by atoms with Crippen LogP contribution in [0.1, 0.15) is 31.0 Å². The van der Waals surface area contributed by atoms with Crippen LogP contribution < -0.4 is 16.0 Å². The van der Waals surface area contributed by atoms with Crippen molar-refractivity contribution in [3.8, 4) is 23.3 Å². The van der Waals surface area contributed by atoms with Crippen molar-refractivity contribution in [2.45, 2.75) is 37.9 Å². The van der Waals surface area contributed by atoms with E-state index in [-0.39, 0.29) is 40.6 Å². The van der Waals surface area contributed by atoms with Crippen LogP contribution in [0, 0.1) is 11.3 Å². The lowest BCUT2D eigenvalue weighted by Crippen LogP contribution is -2.34. The van der Waals surface area contributed by atoms with Crippen molar-refractivity contribution < 1.29 is 17.9 Å². The number of fused-ring (bicyclic) bond motifs is 1. The highest BCUT2D eigenvalue weighted by molar-refractivity contribution is 6.32. The Hall–Kier alpha value is -4.11. The second kappa shape index (κ2) is 8.23. The first kappa shape index (κ1) is 23.6. The number of ether oxygens (including phenoxy) is 1. The van der Waals surface area contributed by atoms with Crippen LogP contribution in [-0.4, -0.2) is 30.5 Å². The third kappa shape index (κ3) is 3.72. The summed E-state index contributed by atoms with van der Waals surface area (Å²) in [5.74, 6) is 0.487. The normalized spacial score (nSPS) is 14.6. The molecule has 1 N–H and O–H groups in total. The Labute approximate surface area is 205 Å². The zero-order valence-electron chi connectivity index (χ0n) is 18.6. The van der Waals surface area contributed by atoms with Gasteiger partial charge in [0.15, 0.2) is 0 Å². The van der Waals surface area contributed by atoms with Crippen molar-refractivity contribution in [3.63, 3.8) is 0 Å². The van der Waals surface area contributed by atoms with Crippen LogP contribution in [0.4, 0.5) is 13.2 Å². The molecule has 9 nitrogen and oxygen atoms in total. The second-order valence-electron chi connectivity index (χ2n) is 8.30. The van der Waals surface area contributed by atoms with Gasteiger partial charge in [0.2, 0.25) is 5.69 Å². The lowest BCUT2D eigenvalue weighted by atomic mass is 10.1. The summed E-state index contributed by atoms with van der Waals surface area (Å²) in [6, 6.07) is 9.15. The Bertz CT molecular complexity index is 1680. The quantitative estimate of drug-likeness (QED) is 0.424. The van der Waals surface area contributed by atoms with E-state index in [0.29, 0.717) is 17.5 Å². The fourth-order valence-corrected chi connectivity index (χ4v) is 4.34. The van der Waals surface area contributed by atoms with Gasteiger partial charge in [-0.25, -0.2) is 9.78 Å². The van der Waals surface area contributed by atoms with E-state index in [4.69, 9.17) is 21.6 Å². The van der Waals surface area contributed by atoms with Crippen LogP contribution in [-0.2, 0) is 12.0 Å². The maximum atomic E-state index is 13.7.